The minimum atomic E-state index is -0.956. The Morgan fingerprint density at radius 3 is 2.77 bits per heavy atom. The highest BCUT2D eigenvalue weighted by Gasteiger charge is 2.14. The molecule has 0 aromatic heterocycles. The van der Waals surface area contributed by atoms with Crippen LogP contribution in [0.15, 0.2) is 18.2 Å². The predicted molar refractivity (Wildman–Crippen MR) is 53.4 cm³/mol. The van der Waals surface area contributed by atoms with Gasteiger partial charge < -0.3 is 20.8 Å². The Balaban J connectivity index is 3.02. The lowest BCUT2D eigenvalue weighted by molar-refractivity contribution is 0.341. The fourth-order valence-electron chi connectivity index (χ4n) is 1.01. The molecule has 5 heteroatoms. The van der Waals surface area contributed by atoms with E-state index in [9.17, 15) is 5.02 Å². The molecule has 0 unspecified atom stereocenters. The summed E-state index contributed by atoms with van der Waals surface area (Å²) in [5, 5.41) is 16.3. The fraction of sp³-hybridized carbons (Fsp3) is 0.125. The highest BCUT2D eigenvalue weighted by molar-refractivity contribution is 6.60. The number of rotatable bonds is 3. The molecular weight excluding hydrogens is 167 g/mol. The third-order valence-corrected chi connectivity index (χ3v) is 1.77. The van der Waals surface area contributed by atoms with E-state index >= 15 is 0 Å². The van der Waals surface area contributed by atoms with E-state index in [1.54, 1.807) is 18.2 Å². The number of nitrogen functional groups attached to an aromatic ring is 1. The first-order chi connectivity index (χ1) is 6.19. The van der Waals surface area contributed by atoms with Gasteiger partial charge in [-0.1, -0.05) is 12.1 Å². The summed E-state index contributed by atoms with van der Waals surface area (Å²) in [7, 11) is 0.452. The molecule has 4 N–H and O–H groups in total. The normalized spacial score (nSPS) is 9.69. The molecule has 1 rings (SSSR count). The monoisotopic (exact) mass is 178 g/mol. The Morgan fingerprint density at radius 1 is 1.62 bits per heavy atom. The lowest BCUT2D eigenvalue weighted by Gasteiger charge is -2.06. The van der Waals surface area contributed by atoms with Crippen molar-refractivity contribution in [2.75, 3.05) is 12.8 Å². The quantitative estimate of drug-likeness (QED) is 0.334. The summed E-state index contributed by atoms with van der Waals surface area (Å²) in [6, 6.07) is 4.93. The van der Waals surface area contributed by atoms with Crippen LogP contribution in [0.5, 0.6) is 0 Å². The van der Waals surface area contributed by atoms with Crippen molar-refractivity contribution >= 4 is 24.5 Å². The van der Waals surface area contributed by atoms with Crippen LogP contribution in [-0.2, 0) is 4.65 Å². The second kappa shape index (κ2) is 4.07. The molecule has 1 aromatic rings. The van der Waals surface area contributed by atoms with Gasteiger partial charge in [0.2, 0.25) is 0 Å². The molecule has 0 aliphatic rings. The molecule has 4 nitrogen and oxygen atoms in total. The first kappa shape index (κ1) is 9.76. The summed E-state index contributed by atoms with van der Waals surface area (Å²) in [6.07, 6.45) is 1.16. The Hall–Kier alpha value is -1.33. The lowest BCUT2D eigenvalue weighted by atomic mass is 9.79. The second-order valence-electron chi connectivity index (χ2n) is 2.62. The van der Waals surface area contributed by atoms with Crippen LogP contribution in [0, 0.1) is 5.41 Å². The summed E-state index contributed by atoms with van der Waals surface area (Å²) in [5.41, 5.74) is 7.29. The standard InChI is InChI=1S/C8H11BN2O2/c1-13-9(12)7-3-2-6(5-10)8(11)4-7/h2-5,10,12H,11H2,1H3. The minimum absolute atomic E-state index is 0.462. The van der Waals surface area contributed by atoms with Crippen LogP contribution in [0.1, 0.15) is 5.56 Å². The molecule has 0 bridgehead atoms. The molecule has 0 aliphatic carbocycles. The smallest absolute Gasteiger partial charge is 0.423 e. The lowest BCUT2D eigenvalue weighted by Crippen LogP contribution is -2.32. The van der Waals surface area contributed by atoms with Crippen LogP contribution in [0.3, 0.4) is 0 Å². The summed E-state index contributed by atoms with van der Waals surface area (Å²) >= 11 is 0. The van der Waals surface area contributed by atoms with E-state index in [4.69, 9.17) is 15.8 Å². The van der Waals surface area contributed by atoms with Gasteiger partial charge in [0.1, 0.15) is 0 Å². The van der Waals surface area contributed by atoms with Crippen molar-refractivity contribution in [1.29, 1.82) is 5.41 Å². The average Bonchev–Trinajstić information content (AvgIpc) is 2.16. The van der Waals surface area contributed by atoms with Crippen LogP contribution >= 0.6 is 0 Å². The SMILES string of the molecule is COB(O)c1ccc(C=N)c(N)c1. The van der Waals surface area contributed by atoms with Crippen LogP contribution in [0.2, 0.25) is 0 Å². The topological polar surface area (TPSA) is 79.3 Å². The molecule has 0 amide bonds. The molecule has 0 heterocycles. The number of hydrogen-bond donors (Lipinski definition) is 3. The molecule has 0 saturated heterocycles. The second-order valence-corrected chi connectivity index (χ2v) is 2.62. The van der Waals surface area contributed by atoms with Gasteiger partial charge in [-0.05, 0) is 11.5 Å². The van der Waals surface area contributed by atoms with Crippen molar-refractivity contribution in [1.82, 2.24) is 0 Å². The Labute approximate surface area is 77.0 Å². The van der Waals surface area contributed by atoms with E-state index in [1.165, 1.54) is 7.11 Å². The summed E-state index contributed by atoms with van der Waals surface area (Å²) in [4.78, 5) is 0. The van der Waals surface area contributed by atoms with Crippen LogP contribution in [-0.4, -0.2) is 25.5 Å². The molecule has 0 fully saturated rings. The van der Waals surface area contributed by atoms with Gasteiger partial charge in [-0.3, -0.25) is 0 Å². The third kappa shape index (κ3) is 2.08. The highest BCUT2D eigenvalue weighted by Crippen LogP contribution is 2.06. The van der Waals surface area contributed by atoms with E-state index in [-0.39, 0.29) is 0 Å². The number of benzene rings is 1. The van der Waals surface area contributed by atoms with Crippen LogP contribution < -0.4 is 11.2 Å². The van der Waals surface area contributed by atoms with E-state index < -0.39 is 7.12 Å². The van der Waals surface area contributed by atoms with Gasteiger partial charge in [0.25, 0.3) is 0 Å². The molecule has 1 aromatic carbocycles. The molecule has 0 aliphatic heterocycles. The van der Waals surface area contributed by atoms with Crippen molar-refractivity contribution < 1.29 is 9.68 Å². The van der Waals surface area contributed by atoms with E-state index in [1.807, 2.05) is 0 Å². The summed E-state index contributed by atoms with van der Waals surface area (Å²) in [6.45, 7) is 0. The van der Waals surface area contributed by atoms with Crippen molar-refractivity contribution in [3.63, 3.8) is 0 Å². The van der Waals surface area contributed by atoms with Crippen molar-refractivity contribution in [2.24, 2.45) is 0 Å². The van der Waals surface area contributed by atoms with Crippen molar-refractivity contribution in [3.05, 3.63) is 23.8 Å². The van der Waals surface area contributed by atoms with Crippen LogP contribution in [0.25, 0.3) is 0 Å². The van der Waals surface area contributed by atoms with Gasteiger partial charge in [-0.25, -0.2) is 0 Å². The minimum Gasteiger partial charge on any atom is -0.423 e. The van der Waals surface area contributed by atoms with E-state index in [2.05, 4.69) is 0 Å². The summed E-state index contributed by atoms with van der Waals surface area (Å²) < 4.78 is 4.71. The molecule has 0 radical (unpaired) electrons. The van der Waals surface area contributed by atoms with Gasteiger partial charge in [0, 0.05) is 24.6 Å². The largest absolute Gasteiger partial charge is 0.491 e. The van der Waals surface area contributed by atoms with Crippen molar-refractivity contribution in [3.8, 4) is 0 Å². The highest BCUT2D eigenvalue weighted by atomic mass is 16.5. The molecule has 13 heavy (non-hydrogen) atoms. The average molecular weight is 178 g/mol. The predicted octanol–water partition coefficient (Wildman–Crippen LogP) is -0.400. The van der Waals surface area contributed by atoms with Gasteiger partial charge in [0.05, 0.1) is 0 Å². The molecule has 0 spiro atoms. The van der Waals surface area contributed by atoms with Crippen molar-refractivity contribution in [2.45, 2.75) is 0 Å². The zero-order chi connectivity index (χ0) is 9.84. The number of hydrogen-bond acceptors (Lipinski definition) is 4. The maximum absolute atomic E-state index is 9.28. The number of nitrogens with two attached hydrogens (primary N) is 1. The van der Waals surface area contributed by atoms with Gasteiger partial charge in [0.15, 0.2) is 0 Å². The van der Waals surface area contributed by atoms with E-state index in [0.29, 0.717) is 16.7 Å². The molecular formula is C8H11BN2O2. The van der Waals surface area contributed by atoms with E-state index in [0.717, 1.165) is 6.21 Å². The molecule has 68 valence electrons. The maximum Gasteiger partial charge on any atom is 0.491 e. The zero-order valence-corrected chi connectivity index (χ0v) is 7.32. The summed E-state index contributed by atoms with van der Waals surface area (Å²) in [5.74, 6) is 0. The Morgan fingerprint density at radius 2 is 2.31 bits per heavy atom. The molecule has 0 saturated carbocycles. The maximum atomic E-state index is 9.28. The molecule has 0 atom stereocenters. The van der Waals surface area contributed by atoms with Gasteiger partial charge >= 0.3 is 7.12 Å². The van der Waals surface area contributed by atoms with Gasteiger partial charge in [-0.15, -0.1) is 0 Å². The fourth-order valence-corrected chi connectivity index (χ4v) is 1.01. The first-order valence-electron chi connectivity index (χ1n) is 3.79. The third-order valence-electron chi connectivity index (χ3n) is 1.77. The van der Waals surface area contributed by atoms with Crippen LogP contribution in [0.4, 0.5) is 5.69 Å². The first-order valence-corrected chi connectivity index (χ1v) is 3.79. The Bertz CT molecular complexity index is 317. The number of anilines is 1. The zero-order valence-electron chi connectivity index (χ0n) is 7.32. The van der Waals surface area contributed by atoms with Gasteiger partial charge in [-0.2, -0.15) is 0 Å². The number of nitrogens with one attached hydrogen (secondary N) is 1. The Kier molecular flexibility index (Phi) is 3.05.